The molecule has 102 valence electrons. The number of halogens is 1. The van der Waals surface area contributed by atoms with E-state index in [1.54, 1.807) is 6.07 Å². The molecule has 0 spiro atoms. The molecule has 0 bridgehead atoms. The number of hydrogen-bond donors (Lipinski definition) is 1. The van der Waals surface area contributed by atoms with Gasteiger partial charge in [0.1, 0.15) is 6.61 Å². The summed E-state index contributed by atoms with van der Waals surface area (Å²) < 4.78 is 5.43. The van der Waals surface area contributed by atoms with Crippen LogP contribution in [0.5, 0.6) is 5.75 Å². The topological polar surface area (TPSA) is 64.4 Å². The van der Waals surface area contributed by atoms with Crippen molar-refractivity contribution >= 4 is 17.3 Å². The van der Waals surface area contributed by atoms with Gasteiger partial charge in [-0.15, -0.1) is 0 Å². The van der Waals surface area contributed by atoms with E-state index >= 15 is 0 Å². The number of nitrogens with zero attached hydrogens (tertiary/aromatic N) is 1. The first-order chi connectivity index (χ1) is 9.06. The highest BCUT2D eigenvalue weighted by Crippen LogP contribution is 2.30. The molecular formula is C13H15ClN2O3. The predicted molar refractivity (Wildman–Crippen MR) is 73.8 cm³/mol. The molecule has 1 saturated carbocycles. The Bertz CT molecular complexity index is 501. The molecule has 19 heavy (non-hydrogen) atoms. The van der Waals surface area contributed by atoms with E-state index in [4.69, 9.17) is 16.3 Å². The maximum atomic E-state index is 10.9. The van der Waals surface area contributed by atoms with Crippen molar-refractivity contribution in [1.82, 2.24) is 5.32 Å². The normalized spacial score (nSPS) is 14.2. The van der Waals surface area contributed by atoms with E-state index in [1.807, 2.05) is 0 Å². The molecule has 1 aromatic carbocycles. The monoisotopic (exact) mass is 282 g/mol. The number of benzene rings is 1. The maximum absolute atomic E-state index is 10.9. The number of hydrogen-bond acceptors (Lipinski definition) is 4. The lowest BCUT2D eigenvalue weighted by molar-refractivity contribution is -0.385. The van der Waals surface area contributed by atoms with Crippen LogP contribution in [0.15, 0.2) is 30.4 Å². The van der Waals surface area contributed by atoms with E-state index in [0.717, 1.165) is 5.57 Å². The second-order valence-corrected chi connectivity index (χ2v) is 5.00. The highest BCUT2D eigenvalue weighted by Gasteiger charge is 2.20. The van der Waals surface area contributed by atoms with Gasteiger partial charge in [-0.25, -0.2) is 0 Å². The van der Waals surface area contributed by atoms with Crippen LogP contribution >= 0.6 is 11.6 Å². The van der Waals surface area contributed by atoms with Gasteiger partial charge >= 0.3 is 5.69 Å². The fourth-order valence-electron chi connectivity index (χ4n) is 1.56. The number of ether oxygens (including phenoxy) is 1. The van der Waals surface area contributed by atoms with Crippen LogP contribution in [0.2, 0.25) is 5.02 Å². The van der Waals surface area contributed by atoms with E-state index in [2.05, 4.69) is 11.9 Å². The van der Waals surface area contributed by atoms with Crippen LogP contribution in [0.25, 0.3) is 0 Å². The zero-order valence-corrected chi connectivity index (χ0v) is 11.2. The average molecular weight is 283 g/mol. The molecule has 6 heteroatoms. The number of nitro groups is 1. The lowest BCUT2D eigenvalue weighted by Crippen LogP contribution is -2.21. The van der Waals surface area contributed by atoms with Crippen LogP contribution in [0.3, 0.4) is 0 Å². The smallest absolute Gasteiger partial charge is 0.312 e. The summed E-state index contributed by atoms with van der Waals surface area (Å²) in [5, 5.41) is 14.5. The fourth-order valence-corrected chi connectivity index (χ4v) is 1.73. The second-order valence-electron chi connectivity index (χ2n) is 4.56. The van der Waals surface area contributed by atoms with Gasteiger partial charge in [0.2, 0.25) is 0 Å². The van der Waals surface area contributed by atoms with Crippen LogP contribution in [0.4, 0.5) is 5.69 Å². The van der Waals surface area contributed by atoms with Crippen molar-refractivity contribution in [2.75, 3.05) is 13.2 Å². The second kappa shape index (κ2) is 6.04. The van der Waals surface area contributed by atoms with Crippen molar-refractivity contribution in [2.45, 2.75) is 18.9 Å². The van der Waals surface area contributed by atoms with Crippen molar-refractivity contribution in [3.8, 4) is 5.75 Å². The molecule has 2 rings (SSSR count). The minimum atomic E-state index is -0.508. The van der Waals surface area contributed by atoms with Gasteiger partial charge in [-0.1, -0.05) is 18.2 Å². The first-order valence-corrected chi connectivity index (χ1v) is 6.41. The highest BCUT2D eigenvalue weighted by atomic mass is 35.5. The van der Waals surface area contributed by atoms with E-state index < -0.39 is 4.92 Å². The molecule has 1 aliphatic rings. The lowest BCUT2D eigenvalue weighted by Gasteiger charge is -2.09. The van der Waals surface area contributed by atoms with Gasteiger partial charge in [-0.3, -0.25) is 10.1 Å². The molecule has 1 fully saturated rings. The minimum Gasteiger partial charge on any atom is -0.482 e. The van der Waals surface area contributed by atoms with Crippen molar-refractivity contribution in [1.29, 1.82) is 0 Å². The van der Waals surface area contributed by atoms with E-state index in [-0.39, 0.29) is 18.0 Å². The van der Waals surface area contributed by atoms with Gasteiger partial charge in [-0.2, -0.15) is 0 Å². The summed E-state index contributed by atoms with van der Waals surface area (Å²) in [6.07, 6.45) is 2.41. The molecule has 1 aliphatic carbocycles. The molecule has 0 aliphatic heterocycles. The van der Waals surface area contributed by atoms with Crippen molar-refractivity contribution in [2.24, 2.45) is 0 Å². The number of nitro benzene ring substituents is 1. The standard InChI is InChI=1S/C13H15ClN2O3/c1-9(7-15-11-3-4-11)8-19-13-5-2-10(14)6-12(13)16(17)18/h2,5-6,11,15H,1,3-4,7-8H2. The van der Waals surface area contributed by atoms with Crippen LogP contribution in [0.1, 0.15) is 12.8 Å². The number of nitrogens with one attached hydrogen (secondary N) is 1. The van der Waals surface area contributed by atoms with Crippen molar-refractivity contribution < 1.29 is 9.66 Å². The van der Waals surface area contributed by atoms with E-state index in [9.17, 15) is 10.1 Å². The third-order valence-electron chi connectivity index (χ3n) is 2.77. The maximum Gasteiger partial charge on any atom is 0.312 e. The summed E-state index contributed by atoms with van der Waals surface area (Å²) in [5.74, 6) is 0.210. The van der Waals surface area contributed by atoms with Gasteiger partial charge in [0, 0.05) is 23.7 Å². The van der Waals surface area contributed by atoms with Crippen LogP contribution in [-0.2, 0) is 0 Å². The van der Waals surface area contributed by atoms with E-state index in [1.165, 1.54) is 25.0 Å². The molecule has 0 radical (unpaired) electrons. The summed E-state index contributed by atoms with van der Waals surface area (Å²) >= 11 is 5.73. The Hall–Kier alpha value is -1.59. The Morgan fingerprint density at radius 2 is 2.32 bits per heavy atom. The summed E-state index contributed by atoms with van der Waals surface area (Å²) in [7, 11) is 0. The van der Waals surface area contributed by atoms with Gasteiger partial charge in [0.25, 0.3) is 0 Å². The number of rotatable bonds is 7. The van der Waals surface area contributed by atoms with Crippen LogP contribution in [-0.4, -0.2) is 24.1 Å². The molecule has 5 nitrogen and oxygen atoms in total. The SMILES string of the molecule is C=C(CNC1CC1)COc1ccc(Cl)cc1[N+](=O)[O-]. The van der Waals surface area contributed by atoms with Crippen molar-refractivity contribution in [3.63, 3.8) is 0 Å². The molecule has 0 heterocycles. The third kappa shape index (κ3) is 4.22. The third-order valence-corrected chi connectivity index (χ3v) is 3.00. The van der Waals surface area contributed by atoms with Crippen LogP contribution in [0, 0.1) is 10.1 Å². The van der Waals surface area contributed by atoms with Gasteiger partial charge < -0.3 is 10.1 Å². The Labute approximate surface area is 116 Å². The zero-order chi connectivity index (χ0) is 13.8. The molecular weight excluding hydrogens is 268 g/mol. The summed E-state index contributed by atoms with van der Waals surface area (Å²) in [6, 6.07) is 4.95. The summed E-state index contributed by atoms with van der Waals surface area (Å²) in [4.78, 5) is 10.4. The van der Waals surface area contributed by atoms with Gasteiger partial charge in [0.15, 0.2) is 5.75 Å². The Kier molecular flexibility index (Phi) is 4.39. The van der Waals surface area contributed by atoms with Gasteiger partial charge in [0.05, 0.1) is 4.92 Å². The molecule has 0 atom stereocenters. The first kappa shape index (κ1) is 13.8. The Balaban J connectivity index is 1.90. The summed E-state index contributed by atoms with van der Waals surface area (Å²) in [6.45, 7) is 4.80. The highest BCUT2D eigenvalue weighted by molar-refractivity contribution is 6.30. The molecule has 0 aromatic heterocycles. The summed E-state index contributed by atoms with van der Waals surface area (Å²) in [5.41, 5.74) is 0.728. The Morgan fingerprint density at radius 1 is 1.58 bits per heavy atom. The largest absolute Gasteiger partial charge is 0.482 e. The molecule has 1 N–H and O–H groups in total. The van der Waals surface area contributed by atoms with Gasteiger partial charge in [-0.05, 0) is 30.5 Å². The van der Waals surface area contributed by atoms with E-state index in [0.29, 0.717) is 17.6 Å². The zero-order valence-electron chi connectivity index (χ0n) is 10.4. The van der Waals surface area contributed by atoms with Crippen LogP contribution < -0.4 is 10.1 Å². The fraction of sp³-hybridized carbons (Fsp3) is 0.385. The molecule has 0 unspecified atom stereocenters. The lowest BCUT2D eigenvalue weighted by atomic mass is 10.3. The van der Waals surface area contributed by atoms with Crippen molar-refractivity contribution in [3.05, 3.63) is 45.5 Å². The molecule has 0 amide bonds. The predicted octanol–water partition coefficient (Wildman–Crippen LogP) is 2.94. The average Bonchev–Trinajstić information content (AvgIpc) is 3.18. The molecule has 0 saturated heterocycles. The minimum absolute atomic E-state index is 0.129. The first-order valence-electron chi connectivity index (χ1n) is 6.03. The quantitative estimate of drug-likeness (QED) is 0.474. The Morgan fingerprint density at radius 3 is 2.95 bits per heavy atom. The molecule has 1 aromatic rings.